The van der Waals surface area contributed by atoms with Gasteiger partial charge in [0.05, 0.1) is 23.8 Å². The van der Waals surface area contributed by atoms with E-state index in [1.165, 1.54) is 6.20 Å². The van der Waals surface area contributed by atoms with Gasteiger partial charge < -0.3 is 16.4 Å². The van der Waals surface area contributed by atoms with E-state index in [4.69, 9.17) is 17.3 Å². The topological polar surface area (TPSA) is 110 Å². The van der Waals surface area contributed by atoms with E-state index in [2.05, 4.69) is 20.3 Å². The highest BCUT2D eigenvalue weighted by atomic mass is 35.5. The largest absolute Gasteiger partial charge is 0.405 e. The number of benzene rings is 1. The van der Waals surface area contributed by atoms with Crippen LogP contribution in [0.25, 0.3) is 28.3 Å². The minimum atomic E-state index is -4.49. The predicted molar refractivity (Wildman–Crippen MR) is 121 cm³/mol. The summed E-state index contributed by atoms with van der Waals surface area (Å²) in [4.78, 5) is 24.4. The van der Waals surface area contributed by atoms with Crippen molar-refractivity contribution in [1.82, 2.24) is 24.7 Å². The molecule has 0 fully saturated rings. The molecule has 4 N–H and O–H groups in total. The van der Waals surface area contributed by atoms with E-state index in [0.29, 0.717) is 34.0 Å². The van der Waals surface area contributed by atoms with Crippen LogP contribution in [0.5, 0.6) is 0 Å². The van der Waals surface area contributed by atoms with Crippen molar-refractivity contribution in [3.05, 3.63) is 60.1 Å². The fourth-order valence-electron chi connectivity index (χ4n) is 2.95. The molecule has 0 unspecified atom stereocenters. The molecular formula is C20H16Cl2F3N7O. The van der Waals surface area contributed by atoms with Gasteiger partial charge in [-0.1, -0.05) is 23.7 Å². The Kier molecular flexibility index (Phi) is 6.94. The summed E-state index contributed by atoms with van der Waals surface area (Å²) >= 11 is 5.97. The van der Waals surface area contributed by atoms with Crippen LogP contribution in [-0.2, 0) is 0 Å². The number of amides is 2. The lowest BCUT2D eigenvalue weighted by Crippen LogP contribution is -2.36. The smallest absolute Gasteiger partial charge is 0.395 e. The van der Waals surface area contributed by atoms with Gasteiger partial charge in [-0.05, 0) is 24.3 Å². The lowest BCUT2D eigenvalue weighted by atomic mass is 10.1. The number of pyridine rings is 1. The van der Waals surface area contributed by atoms with Crippen LogP contribution in [0.15, 0.2) is 55.0 Å². The van der Waals surface area contributed by atoms with Gasteiger partial charge in [0, 0.05) is 23.0 Å². The first-order valence-corrected chi connectivity index (χ1v) is 9.55. The fraction of sp³-hybridized carbons (Fsp3) is 0.100. The van der Waals surface area contributed by atoms with E-state index in [1.807, 2.05) is 4.40 Å². The number of imidazole rings is 1. The minimum Gasteiger partial charge on any atom is -0.395 e. The summed E-state index contributed by atoms with van der Waals surface area (Å²) in [5.74, 6) is 0.396. The molecule has 8 nitrogen and oxygen atoms in total. The van der Waals surface area contributed by atoms with Crippen molar-refractivity contribution in [2.75, 3.05) is 17.6 Å². The van der Waals surface area contributed by atoms with Gasteiger partial charge in [0.15, 0.2) is 11.0 Å². The number of aromatic nitrogens is 4. The van der Waals surface area contributed by atoms with Gasteiger partial charge in [-0.15, -0.1) is 12.4 Å². The number of hydrogen-bond donors (Lipinski definition) is 3. The van der Waals surface area contributed by atoms with Crippen molar-refractivity contribution in [2.24, 2.45) is 0 Å². The van der Waals surface area contributed by atoms with Crippen LogP contribution in [0.2, 0.25) is 5.15 Å². The number of anilines is 2. The van der Waals surface area contributed by atoms with Crippen LogP contribution in [-0.4, -0.2) is 38.1 Å². The van der Waals surface area contributed by atoms with Crippen molar-refractivity contribution < 1.29 is 18.0 Å². The molecule has 1 aromatic carbocycles. The fourth-order valence-corrected chi connectivity index (χ4v) is 3.08. The molecular weight excluding hydrogens is 482 g/mol. The summed E-state index contributed by atoms with van der Waals surface area (Å²) < 4.78 is 38.6. The Morgan fingerprint density at radius 2 is 1.91 bits per heavy atom. The highest BCUT2D eigenvalue weighted by Crippen LogP contribution is 2.27. The van der Waals surface area contributed by atoms with Crippen molar-refractivity contribution >= 4 is 47.1 Å². The zero-order chi connectivity index (χ0) is 22.9. The average molecular weight is 498 g/mol. The van der Waals surface area contributed by atoms with Crippen molar-refractivity contribution in [1.29, 1.82) is 0 Å². The highest BCUT2D eigenvalue weighted by Gasteiger charge is 2.27. The van der Waals surface area contributed by atoms with E-state index in [0.717, 1.165) is 0 Å². The van der Waals surface area contributed by atoms with E-state index in [-0.39, 0.29) is 23.2 Å². The number of urea groups is 1. The standard InChI is InChI=1S/C20H15ClF3N7O.ClH/c21-17-14(25)8-27-18(30-17)12-4-5-31-15(9-26-16(31)7-12)11-2-1-3-13(6-11)29-19(32)28-10-20(22,23)24;/h1-9H,10,25H2,(H2,28,29,32);1H. The maximum Gasteiger partial charge on any atom is 0.405 e. The number of nitrogens with two attached hydrogens (primary N) is 1. The van der Waals surface area contributed by atoms with E-state index < -0.39 is 18.8 Å². The first-order valence-electron chi connectivity index (χ1n) is 9.17. The number of carbonyl (C=O) groups excluding carboxylic acids is 1. The highest BCUT2D eigenvalue weighted by molar-refractivity contribution is 6.31. The van der Waals surface area contributed by atoms with Crippen LogP contribution >= 0.6 is 24.0 Å². The number of nitrogens with one attached hydrogen (secondary N) is 2. The Morgan fingerprint density at radius 3 is 2.64 bits per heavy atom. The number of nitrogen functional groups attached to an aromatic ring is 1. The second-order valence-corrected chi connectivity index (χ2v) is 7.09. The second kappa shape index (κ2) is 9.51. The molecule has 172 valence electrons. The zero-order valence-electron chi connectivity index (χ0n) is 16.6. The molecule has 0 aliphatic heterocycles. The average Bonchev–Trinajstić information content (AvgIpc) is 3.17. The van der Waals surface area contributed by atoms with Crippen molar-refractivity contribution in [3.8, 4) is 22.6 Å². The van der Waals surface area contributed by atoms with Gasteiger partial charge >= 0.3 is 12.2 Å². The Morgan fingerprint density at radius 1 is 1.12 bits per heavy atom. The number of nitrogens with zero attached hydrogens (tertiary/aromatic N) is 4. The van der Waals surface area contributed by atoms with Gasteiger partial charge in [0.2, 0.25) is 0 Å². The Labute approximate surface area is 196 Å². The summed E-state index contributed by atoms with van der Waals surface area (Å²) in [5, 5.41) is 4.30. The normalized spacial score (nSPS) is 11.2. The summed E-state index contributed by atoms with van der Waals surface area (Å²) in [6, 6.07) is 9.27. The van der Waals surface area contributed by atoms with E-state index in [1.54, 1.807) is 54.1 Å². The van der Waals surface area contributed by atoms with Crippen LogP contribution in [0.3, 0.4) is 0 Å². The molecule has 0 saturated heterocycles. The molecule has 0 aliphatic rings. The number of halogens is 5. The third-order valence-electron chi connectivity index (χ3n) is 4.41. The molecule has 3 aromatic heterocycles. The molecule has 13 heteroatoms. The van der Waals surface area contributed by atoms with E-state index >= 15 is 0 Å². The van der Waals surface area contributed by atoms with Gasteiger partial charge in [-0.2, -0.15) is 13.2 Å². The van der Waals surface area contributed by atoms with Crippen molar-refractivity contribution in [2.45, 2.75) is 6.18 Å². The van der Waals surface area contributed by atoms with Gasteiger partial charge in [-0.3, -0.25) is 4.40 Å². The quantitative estimate of drug-likeness (QED) is 0.350. The Bertz CT molecular complexity index is 1310. The molecule has 0 bridgehead atoms. The number of rotatable bonds is 4. The maximum atomic E-state index is 12.3. The number of carbonyl (C=O) groups is 1. The summed E-state index contributed by atoms with van der Waals surface area (Å²) in [6.45, 7) is -1.42. The molecule has 33 heavy (non-hydrogen) atoms. The SMILES string of the molecule is Cl.Nc1cnc(-c2ccn3c(-c4cccc(NC(=O)NCC(F)(F)F)c4)cnc3c2)nc1Cl. The predicted octanol–water partition coefficient (Wildman–Crippen LogP) is 4.80. The van der Waals surface area contributed by atoms with Crippen LogP contribution in [0.1, 0.15) is 0 Å². The van der Waals surface area contributed by atoms with Crippen molar-refractivity contribution in [3.63, 3.8) is 0 Å². The molecule has 4 rings (SSSR count). The number of hydrogen-bond acceptors (Lipinski definition) is 5. The second-order valence-electron chi connectivity index (χ2n) is 6.73. The summed E-state index contributed by atoms with van der Waals surface area (Å²) in [5.41, 5.74) is 8.96. The first-order chi connectivity index (χ1) is 15.2. The minimum absolute atomic E-state index is 0. The number of fused-ring (bicyclic) bond motifs is 1. The third-order valence-corrected chi connectivity index (χ3v) is 4.71. The Balaban J connectivity index is 0.00000306. The van der Waals surface area contributed by atoms with Gasteiger partial charge in [-0.25, -0.2) is 19.7 Å². The Hall–Kier alpha value is -3.57. The van der Waals surface area contributed by atoms with Crippen LogP contribution < -0.4 is 16.4 Å². The van der Waals surface area contributed by atoms with Gasteiger partial charge in [0.25, 0.3) is 0 Å². The monoisotopic (exact) mass is 497 g/mol. The summed E-state index contributed by atoms with van der Waals surface area (Å²) in [6.07, 6.45) is 0.349. The molecule has 0 saturated carbocycles. The molecule has 0 atom stereocenters. The molecule has 3 heterocycles. The lowest BCUT2D eigenvalue weighted by Gasteiger charge is -2.11. The van der Waals surface area contributed by atoms with Crippen LogP contribution in [0, 0.1) is 0 Å². The van der Waals surface area contributed by atoms with Crippen LogP contribution in [0.4, 0.5) is 29.3 Å². The summed E-state index contributed by atoms with van der Waals surface area (Å²) in [7, 11) is 0. The maximum absolute atomic E-state index is 12.3. The molecule has 0 aliphatic carbocycles. The lowest BCUT2D eigenvalue weighted by molar-refractivity contribution is -0.122. The van der Waals surface area contributed by atoms with E-state index in [9.17, 15) is 18.0 Å². The van der Waals surface area contributed by atoms with Gasteiger partial charge in [0.1, 0.15) is 12.2 Å². The molecule has 2 amide bonds. The first kappa shape index (κ1) is 24.1. The molecule has 0 spiro atoms. The molecule has 0 radical (unpaired) electrons. The third kappa shape index (κ3) is 5.62. The number of alkyl halides is 3. The zero-order valence-corrected chi connectivity index (χ0v) is 18.2. The molecule has 4 aromatic rings.